The van der Waals surface area contributed by atoms with Crippen LogP contribution in [0.5, 0.6) is 0 Å². The van der Waals surface area contributed by atoms with Crippen LogP contribution in [0.2, 0.25) is 0 Å². The van der Waals surface area contributed by atoms with Gasteiger partial charge in [0.1, 0.15) is 15.5 Å². The predicted octanol–water partition coefficient (Wildman–Crippen LogP) is 0.688. The van der Waals surface area contributed by atoms with Gasteiger partial charge in [0.15, 0.2) is 5.69 Å². The Bertz CT molecular complexity index is 722. The molecule has 0 aliphatic heterocycles. The van der Waals surface area contributed by atoms with E-state index < -0.39 is 15.8 Å². The lowest BCUT2D eigenvalue weighted by Crippen LogP contribution is -2.13. The van der Waals surface area contributed by atoms with E-state index >= 15 is 0 Å². The monoisotopic (exact) mass is 295 g/mol. The average molecular weight is 295 g/mol. The van der Waals surface area contributed by atoms with Gasteiger partial charge in [-0.1, -0.05) is 35.5 Å². The molecule has 0 bridgehead atoms. The first-order valence-corrected chi connectivity index (χ1v) is 7.84. The summed E-state index contributed by atoms with van der Waals surface area (Å²) in [5, 5.41) is 16.5. The SMILES string of the molecule is CS(=O)(=O)CCn1nnc(C(=O)O)c1-c1ccccc1. The fraction of sp³-hybridized carbons (Fsp3) is 0.250. The van der Waals surface area contributed by atoms with E-state index in [1.807, 2.05) is 0 Å². The first-order chi connectivity index (χ1) is 9.38. The number of hydrogen-bond donors (Lipinski definition) is 1. The summed E-state index contributed by atoms with van der Waals surface area (Å²) < 4.78 is 23.7. The minimum Gasteiger partial charge on any atom is -0.476 e. The Kier molecular flexibility index (Phi) is 3.84. The van der Waals surface area contributed by atoms with E-state index in [0.29, 0.717) is 11.3 Å². The topological polar surface area (TPSA) is 102 Å². The van der Waals surface area contributed by atoms with Crippen LogP contribution in [0.4, 0.5) is 0 Å². The van der Waals surface area contributed by atoms with Crippen molar-refractivity contribution in [2.45, 2.75) is 6.54 Å². The van der Waals surface area contributed by atoms with Crippen molar-refractivity contribution in [1.29, 1.82) is 0 Å². The number of carbonyl (C=O) groups is 1. The molecule has 0 atom stereocenters. The molecule has 0 spiro atoms. The van der Waals surface area contributed by atoms with E-state index in [-0.39, 0.29) is 18.0 Å². The second kappa shape index (κ2) is 5.41. The van der Waals surface area contributed by atoms with Crippen molar-refractivity contribution in [2.24, 2.45) is 0 Å². The van der Waals surface area contributed by atoms with E-state index in [1.165, 1.54) is 4.68 Å². The van der Waals surface area contributed by atoms with Gasteiger partial charge in [-0.2, -0.15) is 0 Å². The van der Waals surface area contributed by atoms with Crippen LogP contribution in [0, 0.1) is 0 Å². The maximum absolute atomic E-state index is 11.2. The molecule has 0 fully saturated rings. The number of benzene rings is 1. The van der Waals surface area contributed by atoms with Crippen LogP contribution in [0.1, 0.15) is 10.5 Å². The molecule has 0 aliphatic carbocycles. The summed E-state index contributed by atoms with van der Waals surface area (Å²) in [6, 6.07) is 8.77. The van der Waals surface area contributed by atoms with Crippen LogP contribution < -0.4 is 0 Å². The number of aromatic nitrogens is 3. The highest BCUT2D eigenvalue weighted by Crippen LogP contribution is 2.22. The van der Waals surface area contributed by atoms with Gasteiger partial charge in [-0.15, -0.1) is 5.10 Å². The molecule has 8 heteroatoms. The van der Waals surface area contributed by atoms with Crippen LogP contribution in [0.25, 0.3) is 11.3 Å². The van der Waals surface area contributed by atoms with Crippen molar-refractivity contribution in [1.82, 2.24) is 15.0 Å². The molecule has 20 heavy (non-hydrogen) atoms. The fourth-order valence-electron chi connectivity index (χ4n) is 1.75. The van der Waals surface area contributed by atoms with E-state index in [0.717, 1.165) is 6.26 Å². The van der Waals surface area contributed by atoms with Crippen molar-refractivity contribution < 1.29 is 18.3 Å². The molecule has 0 radical (unpaired) electrons. The normalized spacial score (nSPS) is 11.4. The molecule has 7 nitrogen and oxygen atoms in total. The Morgan fingerprint density at radius 2 is 1.95 bits per heavy atom. The molecular weight excluding hydrogens is 282 g/mol. The molecule has 0 aliphatic rings. The van der Waals surface area contributed by atoms with Crippen molar-refractivity contribution in [2.75, 3.05) is 12.0 Å². The summed E-state index contributed by atoms with van der Waals surface area (Å²) in [4.78, 5) is 11.2. The first-order valence-electron chi connectivity index (χ1n) is 5.78. The maximum atomic E-state index is 11.2. The van der Waals surface area contributed by atoms with Gasteiger partial charge in [-0.25, -0.2) is 17.9 Å². The smallest absolute Gasteiger partial charge is 0.358 e. The minimum absolute atomic E-state index is 0.0589. The van der Waals surface area contributed by atoms with E-state index in [4.69, 9.17) is 5.11 Å². The fourth-order valence-corrected chi connectivity index (χ4v) is 2.25. The molecule has 0 saturated carbocycles. The Balaban J connectivity index is 2.46. The van der Waals surface area contributed by atoms with Crippen LogP contribution in [-0.2, 0) is 16.4 Å². The molecule has 2 aromatic rings. The number of carboxylic acids is 1. The zero-order valence-corrected chi connectivity index (χ0v) is 11.5. The molecule has 1 aromatic heterocycles. The van der Waals surface area contributed by atoms with Gasteiger partial charge < -0.3 is 5.11 Å². The number of rotatable bonds is 5. The van der Waals surface area contributed by atoms with Gasteiger partial charge in [-0.3, -0.25) is 0 Å². The Labute approximate surface area is 115 Å². The van der Waals surface area contributed by atoms with Gasteiger partial charge in [-0.05, 0) is 0 Å². The predicted molar refractivity (Wildman–Crippen MR) is 72.1 cm³/mol. The van der Waals surface area contributed by atoms with Crippen molar-refractivity contribution >= 4 is 15.8 Å². The minimum atomic E-state index is -3.17. The first kappa shape index (κ1) is 14.2. The Hall–Kier alpha value is -2.22. The number of hydrogen-bond acceptors (Lipinski definition) is 5. The van der Waals surface area contributed by atoms with E-state index in [2.05, 4.69) is 10.3 Å². The molecule has 0 unspecified atom stereocenters. The summed E-state index contributed by atoms with van der Waals surface area (Å²) in [5.41, 5.74) is 0.745. The van der Waals surface area contributed by atoms with Crippen LogP contribution in [0.3, 0.4) is 0 Å². The van der Waals surface area contributed by atoms with Gasteiger partial charge in [0.05, 0.1) is 12.3 Å². The number of nitrogens with zero attached hydrogens (tertiary/aromatic N) is 3. The van der Waals surface area contributed by atoms with Crippen LogP contribution in [-0.4, -0.2) is 46.5 Å². The molecule has 106 valence electrons. The lowest BCUT2D eigenvalue weighted by molar-refractivity contribution is 0.0691. The second-order valence-electron chi connectivity index (χ2n) is 4.31. The third-order valence-electron chi connectivity index (χ3n) is 2.66. The zero-order valence-electron chi connectivity index (χ0n) is 10.7. The van der Waals surface area contributed by atoms with Gasteiger partial charge in [0.2, 0.25) is 0 Å². The van der Waals surface area contributed by atoms with Crippen LogP contribution in [0.15, 0.2) is 30.3 Å². The lowest BCUT2D eigenvalue weighted by atomic mass is 10.1. The molecule has 2 rings (SSSR count). The maximum Gasteiger partial charge on any atom is 0.358 e. The van der Waals surface area contributed by atoms with Gasteiger partial charge >= 0.3 is 5.97 Å². The average Bonchev–Trinajstić information content (AvgIpc) is 2.80. The Morgan fingerprint density at radius 3 is 2.50 bits per heavy atom. The van der Waals surface area contributed by atoms with Crippen molar-refractivity contribution in [3.8, 4) is 11.3 Å². The third-order valence-corrected chi connectivity index (χ3v) is 3.58. The highest BCUT2D eigenvalue weighted by atomic mass is 32.2. The number of carboxylic acid groups (broad SMARTS) is 1. The molecule has 0 amide bonds. The largest absolute Gasteiger partial charge is 0.476 e. The zero-order chi connectivity index (χ0) is 14.8. The molecule has 1 N–H and O–H groups in total. The number of aromatic carboxylic acids is 1. The summed E-state index contributed by atoms with van der Waals surface area (Å²) >= 11 is 0. The lowest BCUT2D eigenvalue weighted by Gasteiger charge is -2.06. The highest BCUT2D eigenvalue weighted by molar-refractivity contribution is 7.90. The van der Waals surface area contributed by atoms with E-state index in [9.17, 15) is 13.2 Å². The highest BCUT2D eigenvalue weighted by Gasteiger charge is 2.20. The summed E-state index contributed by atoms with van der Waals surface area (Å²) in [6.45, 7) is 0.0589. The molecular formula is C12H13N3O4S. The van der Waals surface area contributed by atoms with E-state index in [1.54, 1.807) is 30.3 Å². The van der Waals surface area contributed by atoms with Gasteiger partial charge in [0, 0.05) is 11.8 Å². The summed E-state index contributed by atoms with van der Waals surface area (Å²) in [5.74, 6) is -1.33. The molecule has 1 heterocycles. The van der Waals surface area contributed by atoms with Crippen LogP contribution >= 0.6 is 0 Å². The standard InChI is InChI=1S/C12H13N3O4S/c1-20(18,19)8-7-15-11(9-5-3-2-4-6-9)10(12(16)17)13-14-15/h2-6H,7-8H2,1H3,(H,16,17). The Morgan fingerprint density at radius 1 is 1.30 bits per heavy atom. The number of aryl methyl sites for hydroxylation is 1. The quantitative estimate of drug-likeness (QED) is 0.870. The molecule has 0 saturated heterocycles. The molecule has 1 aromatic carbocycles. The van der Waals surface area contributed by atoms with Crippen molar-refractivity contribution in [3.63, 3.8) is 0 Å². The second-order valence-corrected chi connectivity index (χ2v) is 6.57. The summed E-state index contributed by atoms with van der Waals surface area (Å²) in [6.07, 6.45) is 1.12. The van der Waals surface area contributed by atoms with Gasteiger partial charge in [0.25, 0.3) is 0 Å². The van der Waals surface area contributed by atoms with Crippen molar-refractivity contribution in [3.05, 3.63) is 36.0 Å². The number of sulfone groups is 1. The third kappa shape index (κ3) is 3.21. The summed E-state index contributed by atoms with van der Waals surface area (Å²) in [7, 11) is -3.17.